The summed E-state index contributed by atoms with van der Waals surface area (Å²) < 4.78 is 0. The van der Waals surface area contributed by atoms with Crippen molar-refractivity contribution in [2.45, 2.75) is 32.4 Å². The number of nitrogens with one attached hydrogen (secondary N) is 1. The van der Waals surface area contributed by atoms with Crippen molar-refractivity contribution in [1.82, 2.24) is 5.32 Å². The van der Waals surface area contributed by atoms with Gasteiger partial charge in [0.2, 0.25) is 0 Å². The summed E-state index contributed by atoms with van der Waals surface area (Å²) in [6, 6.07) is 7.34. The second-order valence-corrected chi connectivity index (χ2v) is 5.27. The Labute approximate surface area is 124 Å². The highest BCUT2D eigenvalue weighted by Gasteiger charge is 2.24. The fraction of sp³-hybridized carbons (Fsp3) is 0.375. The first-order valence-corrected chi connectivity index (χ1v) is 6.85. The Balaban J connectivity index is 2.79. The monoisotopic (exact) mass is 291 g/mol. The van der Waals surface area contributed by atoms with Crippen LogP contribution in [-0.2, 0) is 9.59 Å². The van der Waals surface area contributed by atoms with Gasteiger partial charge in [-0.15, -0.1) is 0 Å². The highest BCUT2D eigenvalue weighted by molar-refractivity contribution is 5.80. The number of hydrogen-bond acceptors (Lipinski definition) is 3. The minimum atomic E-state index is -1.10. The van der Waals surface area contributed by atoms with E-state index in [-0.39, 0.29) is 5.92 Å². The van der Waals surface area contributed by atoms with Crippen LogP contribution in [0.25, 0.3) is 6.08 Å². The summed E-state index contributed by atoms with van der Waals surface area (Å²) in [6.45, 7) is 3.79. The van der Waals surface area contributed by atoms with Crippen LogP contribution >= 0.6 is 0 Å². The Morgan fingerprint density at radius 3 is 2.24 bits per heavy atom. The summed E-state index contributed by atoms with van der Waals surface area (Å²) in [5.41, 5.74) is 0.862. The van der Waals surface area contributed by atoms with Gasteiger partial charge >= 0.3 is 11.9 Å². The number of benzene rings is 1. The van der Waals surface area contributed by atoms with E-state index < -0.39 is 24.0 Å². The van der Waals surface area contributed by atoms with Crippen molar-refractivity contribution in [3.05, 3.63) is 42.0 Å². The molecule has 5 heteroatoms. The van der Waals surface area contributed by atoms with Gasteiger partial charge < -0.3 is 10.2 Å². The van der Waals surface area contributed by atoms with Crippen LogP contribution < -0.4 is 5.32 Å². The van der Waals surface area contributed by atoms with E-state index in [1.54, 1.807) is 6.08 Å². The molecule has 0 saturated heterocycles. The van der Waals surface area contributed by atoms with Crippen LogP contribution in [0.2, 0.25) is 0 Å². The first-order chi connectivity index (χ1) is 9.90. The molecule has 1 aromatic carbocycles. The quantitative estimate of drug-likeness (QED) is 0.684. The molecule has 21 heavy (non-hydrogen) atoms. The zero-order valence-electron chi connectivity index (χ0n) is 12.2. The third-order valence-corrected chi connectivity index (χ3v) is 2.93. The molecule has 0 aromatic heterocycles. The topological polar surface area (TPSA) is 86.6 Å². The van der Waals surface area contributed by atoms with Crippen LogP contribution in [0.3, 0.4) is 0 Å². The highest BCUT2D eigenvalue weighted by Crippen LogP contribution is 2.08. The molecular weight excluding hydrogens is 270 g/mol. The zero-order chi connectivity index (χ0) is 15.8. The van der Waals surface area contributed by atoms with E-state index in [0.29, 0.717) is 6.42 Å². The minimum Gasteiger partial charge on any atom is -0.480 e. The van der Waals surface area contributed by atoms with Gasteiger partial charge in [-0.05, 0) is 17.9 Å². The predicted molar refractivity (Wildman–Crippen MR) is 80.9 cm³/mol. The van der Waals surface area contributed by atoms with E-state index in [1.807, 2.05) is 44.2 Å². The van der Waals surface area contributed by atoms with Gasteiger partial charge in [-0.1, -0.05) is 56.3 Å². The SMILES string of the molecule is CC(C)CC(N[C@@H](C=Cc1ccccc1)C(=O)O)C(=O)O. The third kappa shape index (κ3) is 6.23. The summed E-state index contributed by atoms with van der Waals surface area (Å²) in [4.78, 5) is 22.4. The second-order valence-electron chi connectivity index (χ2n) is 5.27. The highest BCUT2D eigenvalue weighted by atomic mass is 16.4. The van der Waals surface area contributed by atoms with Crippen LogP contribution in [-0.4, -0.2) is 34.2 Å². The third-order valence-electron chi connectivity index (χ3n) is 2.93. The van der Waals surface area contributed by atoms with Gasteiger partial charge in [0.1, 0.15) is 12.1 Å². The lowest BCUT2D eigenvalue weighted by molar-refractivity contribution is -0.142. The first kappa shape index (κ1) is 16.9. The number of rotatable bonds is 8. The first-order valence-electron chi connectivity index (χ1n) is 6.85. The molecule has 0 bridgehead atoms. The van der Waals surface area contributed by atoms with Crippen LogP contribution in [0.5, 0.6) is 0 Å². The van der Waals surface area contributed by atoms with Crippen LogP contribution in [0.4, 0.5) is 0 Å². The Morgan fingerprint density at radius 2 is 1.76 bits per heavy atom. The van der Waals surface area contributed by atoms with Gasteiger partial charge in [0, 0.05) is 0 Å². The molecule has 0 aliphatic rings. The van der Waals surface area contributed by atoms with Crippen LogP contribution in [0.15, 0.2) is 36.4 Å². The molecule has 114 valence electrons. The smallest absolute Gasteiger partial charge is 0.324 e. The Hall–Kier alpha value is -2.14. The van der Waals surface area contributed by atoms with Crippen molar-refractivity contribution >= 4 is 18.0 Å². The summed E-state index contributed by atoms with van der Waals surface area (Å²) >= 11 is 0. The molecule has 3 N–H and O–H groups in total. The normalized spacial score (nSPS) is 14.2. The van der Waals surface area contributed by atoms with E-state index in [4.69, 9.17) is 5.11 Å². The summed E-state index contributed by atoms with van der Waals surface area (Å²) in [5.74, 6) is -1.98. The van der Waals surface area contributed by atoms with Crippen molar-refractivity contribution in [1.29, 1.82) is 0 Å². The Morgan fingerprint density at radius 1 is 1.14 bits per heavy atom. The number of carboxylic acids is 2. The number of aliphatic carboxylic acids is 2. The standard InChI is InChI=1S/C16H21NO4/c1-11(2)10-14(16(20)21)17-13(15(18)19)9-8-12-6-4-3-5-7-12/h3-9,11,13-14,17H,10H2,1-2H3,(H,18,19)(H,20,21)/t13-,14?/m0/s1. The average molecular weight is 291 g/mol. The maximum Gasteiger partial charge on any atom is 0.324 e. The number of carboxylic acid groups (broad SMARTS) is 2. The molecule has 0 radical (unpaired) electrons. The maximum absolute atomic E-state index is 11.3. The Kier molecular flexibility index (Phi) is 6.62. The second kappa shape index (κ2) is 8.21. The molecule has 1 unspecified atom stereocenters. The van der Waals surface area contributed by atoms with E-state index >= 15 is 0 Å². The molecule has 0 spiro atoms. The molecule has 0 amide bonds. The van der Waals surface area contributed by atoms with Crippen molar-refractivity contribution in [3.63, 3.8) is 0 Å². The van der Waals surface area contributed by atoms with E-state index in [2.05, 4.69) is 5.32 Å². The van der Waals surface area contributed by atoms with Crippen LogP contribution in [0, 0.1) is 5.92 Å². The lowest BCUT2D eigenvalue weighted by Gasteiger charge is -2.19. The minimum absolute atomic E-state index is 0.158. The molecule has 0 heterocycles. The average Bonchev–Trinajstić information content (AvgIpc) is 2.42. The molecule has 0 saturated carbocycles. The summed E-state index contributed by atoms with van der Waals surface area (Å²) in [7, 11) is 0. The van der Waals surface area contributed by atoms with Crippen LogP contribution in [0.1, 0.15) is 25.8 Å². The van der Waals surface area contributed by atoms with Crippen molar-refractivity contribution < 1.29 is 19.8 Å². The van der Waals surface area contributed by atoms with Gasteiger partial charge in [0.25, 0.3) is 0 Å². The molecule has 0 aliphatic heterocycles. The molecular formula is C16H21NO4. The van der Waals surface area contributed by atoms with E-state index in [0.717, 1.165) is 5.56 Å². The lowest BCUT2D eigenvalue weighted by Crippen LogP contribution is -2.46. The molecule has 0 fully saturated rings. The van der Waals surface area contributed by atoms with Crippen molar-refractivity contribution in [2.75, 3.05) is 0 Å². The largest absolute Gasteiger partial charge is 0.480 e. The van der Waals surface area contributed by atoms with Crippen molar-refractivity contribution in [2.24, 2.45) is 5.92 Å². The Bertz CT molecular complexity index is 496. The van der Waals surface area contributed by atoms with Gasteiger partial charge in [-0.2, -0.15) is 0 Å². The predicted octanol–water partition coefficient (Wildman–Crippen LogP) is 2.24. The van der Waals surface area contributed by atoms with E-state index in [9.17, 15) is 14.7 Å². The van der Waals surface area contributed by atoms with Crippen molar-refractivity contribution in [3.8, 4) is 0 Å². The van der Waals surface area contributed by atoms with Gasteiger partial charge in [0.15, 0.2) is 0 Å². The molecule has 1 rings (SSSR count). The lowest BCUT2D eigenvalue weighted by atomic mass is 10.0. The zero-order valence-corrected chi connectivity index (χ0v) is 12.2. The molecule has 0 aliphatic carbocycles. The van der Waals surface area contributed by atoms with Gasteiger partial charge in [-0.25, -0.2) is 0 Å². The maximum atomic E-state index is 11.3. The summed E-state index contributed by atoms with van der Waals surface area (Å²) in [6.07, 6.45) is 3.51. The van der Waals surface area contributed by atoms with Gasteiger partial charge in [-0.3, -0.25) is 14.9 Å². The van der Waals surface area contributed by atoms with E-state index in [1.165, 1.54) is 6.08 Å². The number of carbonyl (C=O) groups is 2. The fourth-order valence-electron chi connectivity index (χ4n) is 1.91. The molecule has 2 atom stereocenters. The number of hydrogen-bond donors (Lipinski definition) is 3. The molecule has 5 nitrogen and oxygen atoms in total. The van der Waals surface area contributed by atoms with Gasteiger partial charge in [0.05, 0.1) is 0 Å². The molecule has 1 aromatic rings. The fourth-order valence-corrected chi connectivity index (χ4v) is 1.91. The summed E-state index contributed by atoms with van der Waals surface area (Å²) in [5, 5.41) is 21.0.